The number of aromatic nitrogens is 3. The number of hydrogen-bond donors (Lipinski definition) is 2. The van der Waals surface area contributed by atoms with Crippen LogP contribution < -0.4 is 5.32 Å². The van der Waals surface area contributed by atoms with Gasteiger partial charge in [0, 0.05) is 26.2 Å². The molecule has 0 atom stereocenters. The Morgan fingerprint density at radius 2 is 1.77 bits per heavy atom. The molecule has 168 valence electrons. The van der Waals surface area contributed by atoms with E-state index in [4.69, 9.17) is 9.90 Å². The molecule has 0 aromatic carbocycles. The lowest BCUT2D eigenvalue weighted by Crippen LogP contribution is -2.56. The minimum Gasteiger partial charge on any atom is -0.475 e. The third-order valence-electron chi connectivity index (χ3n) is 5.00. The highest BCUT2D eigenvalue weighted by Gasteiger charge is 2.38. The first-order valence-electron chi connectivity index (χ1n) is 9.52. The van der Waals surface area contributed by atoms with E-state index in [1.807, 2.05) is 11.8 Å². The van der Waals surface area contributed by atoms with Gasteiger partial charge >= 0.3 is 18.2 Å². The van der Waals surface area contributed by atoms with Crippen LogP contribution in [-0.4, -0.2) is 79.4 Å². The van der Waals surface area contributed by atoms with Gasteiger partial charge in [0.15, 0.2) is 0 Å². The average molecular weight is 434 g/mol. The number of carbonyl (C=O) groups is 3. The highest BCUT2D eigenvalue weighted by atomic mass is 19.4. The number of amides is 3. The zero-order chi connectivity index (χ0) is 22.5. The molecule has 1 aliphatic carbocycles. The van der Waals surface area contributed by atoms with E-state index in [0.717, 1.165) is 18.7 Å². The zero-order valence-corrected chi connectivity index (χ0v) is 16.8. The largest absolute Gasteiger partial charge is 0.490 e. The summed E-state index contributed by atoms with van der Waals surface area (Å²) < 4.78 is 33.3. The van der Waals surface area contributed by atoms with Gasteiger partial charge in [-0.3, -0.25) is 14.8 Å². The van der Waals surface area contributed by atoms with Gasteiger partial charge in [-0.05, 0) is 19.8 Å². The number of carboxylic acids is 1. The lowest BCUT2D eigenvalue weighted by Gasteiger charge is -2.40. The average Bonchev–Trinajstić information content (AvgIpc) is 2.99. The summed E-state index contributed by atoms with van der Waals surface area (Å²) in [6.07, 6.45) is 0.764. The summed E-state index contributed by atoms with van der Waals surface area (Å²) >= 11 is 0. The Balaban J connectivity index is 0.000000396. The number of rotatable bonds is 2. The van der Waals surface area contributed by atoms with Gasteiger partial charge in [-0.1, -0.05) is 19.3 Å². The first-order valence-corrected chi connectivity index (χ1v) is 9.52. The molecule has 13 heteroatoms. The van der Waals surface area contributed by atoms with Crippen molar-refractivity contribution in [3.63, 3.8) is 0 Å². The number of piperazine rings is 1. The molecule has 1 saturated heterocycles. The van der Waals surface area contributed by atoms with E-state index in [-0.39, 0.29) is 24.4 Å². The maximum Gasteiger partial charge on any atom is 0.490 e. The van der Waals surface area contributed by atoms with Gasteiger partial charge in [-0.25, -0.2) is 9.59 Å². The molecule has 1 aromatic heterocycles. The Morgan fingerprint density at radius 1 is 1.17 bits per heavy atom. The second-order valence-electron chi connectivity index (χ2n) is 7.14. The van der Waals surface area contributed by atoms with Gasteiger partial charge in [-0.15, -0.1) is 5.10 Å². The molecule has 1 aliphatic heterocycles. The number of carboxylic acid groups (broad SMARTS) is 1. The molecule has 0 bridgehead atoms. The fraction of sp³-hybridized carbons (Fsp3) is 0.706. The molecule has 1 saturated carbocycles. The first kappa shape index (κ1) is 23.4. The minimum absolute atomic E-state index is 0.0449. The van der Waals surface area contributed by atoms with E-state index in [1.165, 1.54) is 24.2 Å². The Kier molecular flexibility index (Phi) is 7.62. The Bertz CT molecular complexity index is 757. The van der Waals surface area contributed by atoms with Crippen LogP contribution in [0.1, 0.15) is 37.9 Å². The number of carbonyl (C=O) groups excluding carboxylic acids is 2. The van der Waals surface area contributed by atoms with Crippen molar-refractivity contribution >= 4 is 23.9 Å². The van der Waals surface area contributed by atoms with E-state index >= 15 is 0 Å². The van der Waals surface area contributed by atoms with E-state index in [9.17, 15) is 22.8 Å². The van der Waals surface area contributed by atoms with Crippen molar-refractivity contribution in [2.45, 2.75) is 51.2 Å². The predicted octanol–water partition coefficient (Wildman–Crippen LogP) is 1.77. The van der Waals surface area contributed by atoms with Crippen molar-refractivity contribution in [3.05, 3.63) is 5.82 Å². The molecule has 2 heterocycles. The lowest BCUT2D eigenvalue weighted by atomic mass is 9.93. The van der Waals surface area contributed by atoms with Crippen molar-refractivity contribution < 1.29 is 32.7 Å². The van der Waals surface area contributed by atoms with Crippen LogP contribution in [0.3, 0.4) is 0 Å². The lowest BCUT2D eigenvalue weighted by molar-refractivity contribution is -0.192. The Labute approximate surface area is 171 Å². The van der Waals surface area contributed by atoms with Gasteiger partial charge in [0.05, 0.1) is 0 Å². The molecule has 10 nitrogen and oxygen atoms in total. The topological polar surface area (TPSA) is 121 Å². The molecule has 3 rings (SSSR count). The van der Waals surface area contributed by atoms with Crippen molar-refractivity contribution in [2.24, 2.45) is 7.05 Å². The van der Waals surface area contributed by atoms with E-state index in [0.29, 0.717) is 19.1 Å². The van der Waals surface area contributed by atoms with Crippen molar-refractivity contribution in [1.82, 2.24) is 24.6 Å². The molecule has 1 aromatic rings. The molecule has 2 aliphatic rings. The summed E-state index contributed by atoms with van der Waals surface area (Å²) in [5.41, 5.74) is 0. The number of alkyl halides is 3. The van der Waals surface area contributed by atoms with E-state index in [1.54, 1.807) is 11.7 Å². The summed E-state index contributed by atoms with van der Waals surface area (Å²) in [6, 6.07) is 0.0498. The second kappa shape index (κ2) is 9.76. The van der Waals surface area contributed by atoms with Gasteiger partial charge in [0.25, 0.3) is 0 Å². The molecule has 30 heavy (non-hydrogen) atoms. The number of urea groups is 1. The van der Waals surface area contributed by atoms with Crippen LogP contribution in [0.5, 0.6) is 0 Å². The van der Waals surface area contributed by atoms with Crippen LogP contribution in [-0.2, 0) is 16.6 Å². The highest BCUT2D eigenvalue weighted by Crippen LogP contribution is 2.24. The number of halogens is 3. The quantitative estimate of drug-likeness (QED) is 0.732. The number of nitrogens with one attached hydrogen (secondary N) is 1. The monoisotopic (exact) mass is 434 g/mol. The SMILES string of the molecule is Cc1nc(NC(=O)N2CCN(C3CCCCC3)C(=O)C2)nn1C.O=C(O)C(F)(F)F. The predicted molar refractivity (Wildman–Crippen MR) is 98.6 cm³/mol. The zero-order valence-electron chi connectivity index (χ0n) is 16.8. The molecular weight excluding hydrogens is 409 g/mol. The third kappa shape index (κ3) is 6.32. The molecule has 0 spiro atoms. The summed E-state index contributed by atoms with van der Waals surface area (Å²) in [6.45, 7) is 3.12. The number of aryl methyl sites for hydroxylation is 2. The Morgan fingerprint density at radius 3 is 2.23 bits per heavy atom. The molecule has 2 fully saturated rings. The number of hydrogen-bond acceptors (Lipinski definition) is 5. The summed E-state index contributed by atoms with van der Waals surface area (Å²) in [7, 11) is 1.77. The number of nitrogens with zero attached hydrogens (tertiary/aromatic N) is 5. The standard InChI is InChI=1S/C15H24N6O2.C2HF3O2/c1-11-16-14(18-19(11)2)17-15(23)20-8-9-21(13(22)10-20)12-6-4-3-5-7-12;3-2(4,5)1(6)7/h12H,3-10H2,1-2H3,(H,17,18,23);(H,6,7). The summed E-state index contributed by atoms with van der Waals surface area (Å²) in [5.74, 6) is -1.72. The van der Waals surface area contributed by atoms with Gasteiger partial charge in [0.2, 0.25) is 11.9 Å². The van der Waals surface area contributed by atoms with Gasteiger partial charge in [0.1, 0.15) is 12.4 Å². The van der Waals surface area contributed by atoms with Crippen LogP contribution in [0.15, 0.2) is 0 Å². The van der Waals surface area contributed by atoms with Crippen LogP contribution in [0.25, 0.3) is 0 Å². The number of aliphatic carboxylic acids is 1. The molecular formula is C17H25F3N6O4. The first-order chi connectivity index (χ1) is 14.0. The van der Waals surface area contributed by atoms with Crippen LogP contribution >= 0.6 is 0 Å². The molecule has 2 N–H and O–H groups in total. The maximum atomic E-state index is 12.4. The van der Waals surface area contributed by atoms with Crippen LogP contribution in [0, 0.1) is 6.92 Å². The smallest absolute Gasteiger partial charge is 0.475 e. The van der Waals surface area contributed by atoms with Crippen molar-refractivity contribution in [3.8, 4) is 0 Å². The van der Waals surface area contributed by atoms with Crippen molar-refractivity contribution in [1.29, 1.82) is 0 Å². The molecule has 0 unspecified atom stereocenters. The fourth-order valence-corrected chi connectivity index (χ4v) is 3.33. The van der Waals surface area contributed by atoms with E-state index in [2.05, 4.69) is 15.4 Å². The number of anilines is 1. The normalized spacial score (nSPS) is 18.0. The summed E-state index contributed by atoms with van der Waals surface area (Å²) in [4.78, 5) is 41.2. The summed E-state index contributed by atoms with van der Waals surface area (Å²) in [5, 5.41) is 13.9. The second-order valence-corrected chi connectivity index (χ2v) is 7.14. The minimum atomic E-state index is -5.08. The van der Waals surface area contributed by atoms with Crippen LogP contribution in [0.2, 0.25) is 0 Å². The Hall–Kier alpha value is -2.86. The molecule has 0 radical (unpaired) electrons. The highest BCUT2D eigenvalue weighted by molar-refractivity contribution is 5.91. The van der Waals surface area contributed by atoms with E-state index < -0.39 is 12.1 Å². The third-order valence-corrected chi connectivity index (χ3v) is 5.00. The van der Waals surface area contributed by atoms with Crippen LogP contribution in [0.4, 0.5) is 23.9 Å². The fourth-order valence-electron chi connectivity index (χ4n) is 3.33. The van der Waals surface area contributed by atoms with Crippen molar-refractivity contribution in [2.75, 3.05) is 25.0 Å². The maximum absolute atomic E-state index is 12.4. The molecule has 3 amide bonds. The van der Waals surface area contributed by atoms with Gasteiger partial charge in [-0.2, -0.15) is 18.2 Å². The van der Waals surface area contributed by atoms with Gasteiger partial charge < -0.3 is 14.9 Å².